The van der Waals surface area contributed by atoms with Gasteiger partial charge in [-0.1, -0.05) is 13.8 Å². The number of fused-ring (bicyclic) bond motifs is 1. The van der Waals surface area contributed by atoms with E-state index in [0.717, 1.165) is 17.7 Å². The second-order valence-electron chi connectivity index (χ2n) is 10.7. The maximum Gasteiger partial charge on any atom is 0.289 e. The van der Waals surface area contributed by atoms with Crippen LogP contribution in [0.15, 0.2) is 28.9 Å². The molecule has 33 heavy (non-hydrogen) atoms. The van der Waals surface area contributed by atoms with Gasteiger partial charge in [-0.25, -0.2) is 0 Å². The molecule has 1 atom stereocenters. The van der Waals surface area contributed by atoms with Crippen LogP contribution in [0.4, 0.5) is 5.69 Å². The molecule has 1 aromatic carbocycles. The molecule has 3 heterocycles. The Balaban J connectivity index is 1.51. The van der Waals surface area contributed by atoms with Crippen molar-refractivity contribution >= 4 is 11.6 Å². The maximum atomic E-state index is 13.1. The molecule has 1 saturated heterocycles. The van der Waals surface area contributed by atoms with Gasteiger partial charge in [-0.3, -0.25) is 4.79 Å². The fourth-order valence-corrected chi connectivity index (χ4v) is 5.42. The van der Waals surface area contributed by atoms with Crippen molar-refractivity contribution < 1.29 is 13.9 Å². The van der Waals surface area contributed by atoms with Gasteiger partial charge in [0.2, 0.25) is 0 Å². The highest BCUT2D eigenvalue weighted by Crippen LogP contribution is 2.47. The van der Waals surface area contributed by atoms with Crippen LogP contribution >= 0.6 is 0 Å². The number of hydrogen-bond acceptors (Lipinski definition) is 5. The summed E-state index contributed by atoms with van der Waals surface area (Å²) < 4.78 is 11.5. The predicted octanol–water partition coefficient (Wildman–Crippen LogP) is 4.87. The fraction of sp³-hybridized carbons (Fsp3) is 0.556. The lowest BCUT2D eigenvalue weighted by Gasteiger charge is -2.45. The summed E-state index contributed by atoms with van der Waals surface area (Å²) in [5, 5.41) is 10.3. The Bertz CT molecular complexity index is 1090. The monoisotopic (exact) mass is 447 g/mol. The highest BCUT2D eigenvalue weighted by atomic mass is 16.5. The number of rotatable bonds is 4. The Kier molecular flexibility index (Phi) is 5.49. The molecule has 174 valence electrons. The van der Waals surface area contributed by atoms with Crippen LogP contribution in [0.3, 0.4) is 0 Å². The van der Waals surface area contributed by atoms with Crippen LogP contribution in [-0.2, 0) is 17.8 Å². The standard InChI is InChI=1S/C27H33N3O3/c1-17(2)24-15-29(9-10-30(24)26(31)25-6-5-11-32-25)23-12-19(18-7-8-18)22-16-33-27(3,4)13-20(22)21(23)14-28/h5-6,11-12,17-18,24H,7-10,13,15-16H2,1-4H3/t24-/m0/s1. The first-order chi connectivity index (χ1) is 15.8. The quantitative estimate of drug-likeness (QED) is 0.669. The van der Waals surface area contributed by atoms with Crippen molar-refractivity contribution in [2.24, 2.45) is 5.92 Å². The van der Waals surface area contributed by atoms with Gasteiger partial charge in [-0.05, 0) is 73.4 Å². The first-order valence-corrected chi connectivity index (χ1v) is 12.1. The number of ether oxygens (including phenoxy) is 1. The van der Waals surface area contributed by atoms with Crippen molar-refractivity contribution in [1.82, 2.24) is 4.90 Å². The van der Waals surface area contributed by atoms with Crippen molar-refractivity contribution in [3.05, 3.63) is 52.5 Å². The molecule has 1 aliphatic carbocycles. The number of piperazine rings is 1. The molecule has 1 amide bonds. The Morgan fingerprint density at radius 2 is 2.03 bits per heavy atom. The van der Waals surface area contributed by atoms with Crippen LogP contribution < -0.4 is 4.90 Å². The van der Waals surface area contributed by atoms with E-state index in [0.29, 0.717) is 37.9 Å². The lowest BCUT2D eigenvalue weighted by Crippen LogP contribution is -2.57. The van der Waals surface area contributed by atoms with Gasteiger partial charge in [-0.2, -0.15) is 5.26 Å². The van der Waals surface area contributed by atoms with E-state index in [-0.39, 0.29) is 23.5 Å². The molecular weight excluding hydrogens is 414 g/mol. The van der Waals surface area contributed by atoms with Gasteiger partial charge in [0.1, 0.15) is 6.07 Å². The molecule has 0 radical (unpaired) electrons. The number of carbonyl (C=O) groups excluding carboxylic acids is 1. The van der Waals surface area contributed by atoms with E-state index >= 15 is 0 Å². The highest BCUT2D eigenvalue weighted by molar-refractivity contribution is 5.92. The van der Waals surface area contributed by atoms with E-state index in [1.807, 2.05) is 4.90 Å². The molecule has 2 aliphatic heterocycles. The summed E-state index contributed by atoms with van der Waals surface area (Å²) in [5.74, 6) is 1.20. The minimum atomic E-state index is -0.271. The molecule has 2 fully saturated rings. The normalized spacial score (nSPS) is 22.2. The lowest BCUT2D eigenvalue weighted by molar-refractivity contribution is -0.0405. The summed E-state index contributed by atoms with van der Waals surface area (Å²) in [6.07, 6.45) is 4.72. The van der Waals surface area contributed by atoms with Crippen LogP contribution in [0.2, 0.25) is 0 Å². The molecule has 5 rings (SSSR count). The summed E-state index contributed by atoms with van der Waals surface area (Å²) in [6, 6.07) is 8.35. The molecule has 6 nitrogen and oxygen atoms in total. The van der Waals surface area contributed by atoms with Gasteiger partial charge < -0.3 is 19.0 Å². The highest BCUT2D eigenvalue weighted by Gasteiger charge is 2.38. The number of furan rings is 1. The first kappa shape index (κ1) is 22.0. The minimum Gasteiger partial charge on any atom is -0.459 e. The average molecular weight is 448 g/mol. The van der Waals surface area contributed by atoms with Crippen molar-refractivity contribution in [2.75, 3.05) is 24.5 Å². The largest absolute Gasteiger partial charge is 0.459 e. The third kappa shape index (κ3) is 4.04. The third-order valence-corrected chi connectivity index (χ3v) is 7.42. The number of hydrogen-bond donors (Lipinski definition) is 0. The van der Waals surface area contributed by atoms with Crippen LogP contribution in [0.1, 0.15) is 79.3 Å². The van der Waals surface area contributed by atoms with Gasteiger partial charge >= 0.3 is 0 Å². The molecule has 0 spiro atoms. The minimum absolute atomic E-state index is 0.0445. The van der Waals surface area contributed by atoms with Gasteiger partial charge in [0.15, 0.2) is 5.76 Å². The number of anilines is 1. The lowest BCUT2D eigenvalue weighted by atomic mass is 9.83. The van der Waals surface area contributed by atoms with Gasteiger partial charge in [0.25, 0.3) is 5.91 Å². The number of benzene rings is 1. The summed E-state index contributed by atoms with van der Waals surface area (Å²) in [6.45, 7) is 11.1. The summed E-state index contributed by atoms with van der Waals surface area (Å²) in [4.78, 5) is 17.4. The number of nitriles is 1. The SMILES string of the molecule is CC(C)[C@@H]1CN(c2cc(C3CC3)c3c(c2C#N)CC(C)(C)OC3)CCN1C(=O)c1ccco1. The number of nitrogens with zero attached hydrogens (tertiary/aromatic N) is 3. The Morgan fingerprint density at radius 3 is 2.67 bits per heavy atom. The average Bonchev–Trinajstić information content (AvgIpc) is 3.49. The van der Waals surface area contributed by atoms with Gasteiger partial charge in [-0.15, -0.1) is 0 Å². The fourth-order valence-electron chi connectivity index (χ4n) is 5.42. The summed E-state index contributed by atoms with van der Waals surface area (Å²) in [7, 11) is 0. The third-order valence-electron chi connectivity index (χ3n) is 7.42. The second kappa shape index (κ2) is 8.22. The van der Waals surface area contributed by atoms with Crippen molar-refractivity contribution in [3.8, 4) is 6.07 Å². The van der Waals surface area contributed by atoms with Gasteiger partial charge in [0, 0.05) is 26.1 Å². The molecule has 0 unspecified atom stereocenters. The molecule has 0 bridgehead atoms. The van der Waals surface area contributed by atoms with Crippen LogP contribution in [0, 0.1) is 17.2 Å². The van der Waals surface area contributed by atoms with Crippen LogP contribution in [0.5, 0.6) is 0 Å². The van der Waals surface area contributed by atoms with Crippen LogP contribution in [-0.4, -0.2) is 42.1 Å². The zero-order chi connectivity index (χ0) is 23.3. The van der Waals surface area contributed by atoms with Crippen molar-refractivity contribution in [1.29, 1.82) is 5.26 Å². The van der Waals surface area contributed by atoms with Crippen LogP contribution in [0.25, 0.3) is 0 Å². The number of carbonyl (C=O) groups is 1. The van der Waals surface area contributed by atoms with E-state index in [1.165, 1.54) is 29.5 Å². The summed E-state index contributed by atoms with van der Waals surface area (Å²) in [5.41, 5.74) is 5.33. The van der Waals surface area contributed by atoms with Crippen molar-refractivity contribution in [2.45, 2.75) is 71.1 Å². The van der Waals surface area contributed by atoms with Gasteiger partial charge in [0.05, 0.1) is 35.8 Å². The molecular formula is C27H33N3O3. The summed E-state index contributed by atoms with van der Waals surface area (Å²) >= 11 is 0. The smallest absolute Gasteiger partial charge is 0.289 e. The topological polar surface area (TPSA) is 69.7 Å². The second-order valence-corrected chi connectivity index (χ2v) is 10.7. The molecule has 1 aromatic heterocycles. The Hall–Kier alpha value is -2.78. The Morgan fingerprint density at radius 1 is 1.24 bits per heavy atom. The zero-order valence-electron chi connectivity index (χ0n) is 20.1. The molecule has 2 aromatic rings. The maximum absolute atomic E-state index is 13.1. The van der Waals surface area contributed by atoms with E-state index < -0.39 is 0 Å². The molecule has 1 saturated carbocycles. The number of amides is 1. The molecule has 0 N–H and O–H groups in total. The first-order valence-electron chi connectivity index (χ1n) is 12.1. The van der Waals surface area contributed by atoms with E-state index in [9.17, 15) is 10.1 Å². The van der Waals surface area contributed by atoms with E-state index in [4.69, 9.17) is 9.15 Å². The predicted molar refractivity (Wildman–Crippen MR) is 126 cm³/mol. The zero-order valence-corrected chi connectivity index (χ0v) is 20.1. The molecule has 3 aliphatic rings. The van der Waals surface area contributed by atoms with Crippen molar-refractivity contribution in [3.63, 3.8) is 0 Å². The van der Waals surface area contributed by atoms with E-state index in [1.54, 1.807) is 18.4 Å². The molecule has 6 heteroatoms. The van der Waals surface area contributed by atoms with E-state index in [2.05, 4.69) is 44.7 Å². The Labute approximate surface area is 196 Å².